The lowest BCUT2D eigenvalue weighted by Crippen LogP contribution is -1.97. The molecule has 1 aromatic carbocycles. The molecule has 0 N–H and O–H groups in total. The van der Waals surface area contributed by atoms with Crippen LogP contribution in [-0.4, -0.2) is 11.9 Å². The number of hydrogen-bond donors (Lipinski definition) is 0. The number of thiophene rings is 1. The van der Waals surface area contributed by atoms with Gasteiger partial charge in [-0.1, -0.05) is 28.1 Å². The average molecular weight is 283 g/mol. The Morgan fingerprint density at radius 2 is 1.87 bits per heavy atom. The van der Waals surface area contributed by atoms with Crippen molar-refractivity contribution in [2.75, 3.05) is 11.9 Å². The Morgan fingerprint density at radius 3 is 2.47 bits per heavy atom. The third kappa shape index (κ3) is 2.83. The maximum Gasteiger partial charge on any atom is 0.119 e. The average Bonchev–Trinajstić information content (AvgIpc) is 2.80. The summed E-state index contributed by atoms with van der Waals surface area (Å²) in [5, 5.41) is 5.10. The van der Waals surface area contributed by atoms with Gasteiger partial charge in [0, 0.05) is 5.33 Å². The zero-order chi connectivity index (χ0) is 10.5. The van der Waals surface area contributed by atoms with Gasteiger partial charge in [0.1, 0.15) is 5.75 Å². The molecule has 15 heavy (non-hydrogen) atoms. The van der Waals surface area contributed by atoms with Crippen LogP contribution in [0.15, 0.2) is 41.1 Å². The molecule has 2 aromatic rings. The van der Waals surface area contributed by atoms with Crippen LogP contribution in [0.4, 0.5) is 0 Å². The molecule has 3 heteroatoms. The standard InChI is InChI=1S/C12H11BrOS/c13-6-7-14-12-3-1-10(2-4-12)11-5-8-15-9-11/h1-5,8-9H,6-7H2. The number of hydrogen-bond acceptors (Lipinski definition) is 2. The van der Waals surface area contributed by atoms with Crippen LogP contribution in [0.3, 0.4) is 0 Å². The van der Waals surface area contributed by atoms with Gasteiger partial charge in [-0.05, 0) is 40.1 Å². The fraction of sp³-hybridized carbons (Fsp3) is 0.167. The third-order valence-corrected chi connectivity index (χ3v) is 3.06. The maximum atomic E-state index is 5.48. The van der Waals surface area contributed by atoms with Gasteiger partial charge in [-0.2, -0.15) is 11.3 Å². The van der Waals surface area contributed by atoms with E-state index in [0.717, 1.165) is 11.1 Å². The number of alkyl halides is 1. The summed E-state index contributed by atoms with van der Waals surface area (Å²) in [5.74, 6) is 0.924. The second kappa shape index (κ2) is 5.33. The molecule has 0 unspecified atom stereocenters. The lowest BCUT2D eigenvalue weighted by atomic mass is 10.1. The highest BCUT2D eigenvalue weighted by molar-refractivity contribution is 9.09. The largest absolute Gasteiger partial charge is 0.493 e. The van der Waals surface area contributed by atoms with Crippen molar-refractivity contribution < 1.29 is 4.74 Å². The van der Waals surface area contributed by atoms with Crippen LogP contribution in [0.25, 0.3) is 11.1 Å². The van der Waals surface area contributed by atoms with Gasteiger partial charge in [-0.15, -0.1) is 0 Å². The van der Waals surface area contributed by atoms with Crippen molar-refractivity contribution in [2.24, 2.45) is 0 Å². The van der Waals surface area contributed by atoms with Gasteiger partial charge in [0.25, 0.3) is 0 Å². The SMILES string of the molecule is BrCCOc1ccc(-c2ccsc2)cc1. The van der Waals surface area contributed by atoms with E-state index in [0.29, 0.717) is 6.61 Å². The van der Waals surface area contributed by atoms with E-state index in [1.54, 1.807) is 11.3 Å². The van der Waals surface area contributed by atoms with Crippen molar-refractivity contribution in [1.29, 1.82) is 0 Å². The normalized spacial score (nSPS) is 10.2. The molecule has 0 saturated carbocycles. The van der Waals surface area contributed by atoms with E-state index in [4.69, 9.17) is 4.74 Å². The van der Waals surface area contributed by atoms with Crippen LogP contribution in [0.5, 0.6) is 5.75 Å². The van der Waals surface area contributed by atoms with Crippen LogP contribution >= 0.6 is 27.3 Å². The van der Waals surface area contributed by atoms with Crippen LogP contribution in [0.1, 0.15) is 0 Å². The molecule has 0 amide bonds. The highest BCUT2D eigenvalue weighted by atomic mass is 79.9. The highest BCUT2D eigenvalue weighted by Gasteiger charge is 1.98. The van der Waals surface area contributed by atoms with E-state index >= 15 is 0 Å². The van der Waals surface area contributed by atoms with Gasteiger partial charge in [-0.3, -0.25) is 0 Å². The fourth-order valence-corrected chi connectivity index (χ4v) is 2.16. The summed E-state index contributed by atoms with van der Waals surface area (Å²) in [7, 11) is 0. The number of rotatable bonds is 4. The van der Waals surface area contributed by atoms with E-state index < -0.39 is 0 Å². The predicted octanol–water partition coefficient (Wildman–Crippen LogP) is 4.19. The summed E-state index contributed by atoms with van der Waals surface area (Å²) in [6.45, 7) is 0.706. The molecule has 0 aliphatic carbocycles. The van der Waals surface area contributed by atoms with E-state index in [9.17, 15) is 0 Å². The Balaban J connectivity index is 2.11. The molecule has 78 valence electrons. The van der Waals surface area contributed by atoms with Gasteiger partial charge in [0.05, 0.1) is 6.61 Å². The summed E-state index contributed by atoms with van der Waals surface area (Å²) in [5.41, 5.74) is 2.51. The molecule has 1 nitrogen and oxygen atoms in total. The summed E-state index contributed by atoms with van der Waals surface area (Å²) in [4.78, 5) is 0. The minimum absolute atomic E-state index is 0.706. The molecule has 0 fully saturated rings. The first kappa shape index (κ1) is 10.7. The van der Waals surface area contributed by atoms with Gasteiger partial charge >= 0.3 is 0 Å². The van der Waals surface area contributed by atoms with Gasteiger partial charge in [0.15, 0.2) is 0 Å². The zero-order valence-corrected chi connectivity index (χ0v) is 10.6. The van der Waals surface area contributed by atoms with Gasteiger partial charge < -0.3 is 4.74 Å². The fourth-order valence-electron chi connectivity index (χ4n) is 1.33. The summed E-state index contributed by atoms with van der Waals surface area (Å²) >= 11 is 5.04. The Hall–Kier alpha value is -0.800. The quantitative estimate of drug-likeness (QED) is 0.764. The first-order valence-corrected chi connectivity index (χ1v) is 6.78. The van der Waals surface area contributed by atoms with Crippen molar-refractivity contribution in [1.82, 2.24) is 0 Å². The van der Waals surface area contributed by atoms with Crippen molar-refractivity contribution in [3.8, 4) is 16.9 Å². The van der Waals surface area contributed by atoms with Crippen molar-refractivity contribution in [3.63, 3.8) is 0 Å². The minimum atomic E-state index is 0.706. The van der Waals surface area contributed by atoms with E-state index in [-0.39, 0.29) is 0 Å². The second-order valence-electron chi connectivity index (χ2n) is 3.07. The first-order chi connectivity index (χ1) is 7.40. The molecule has 0 aliphatic heterocycles. The Bertz CT molecular complexity index is 394. The monoisotopic (exact) mass is 282 g/mol. The summed E-state index contributed by atoms with van der Waals surface area (Å²) in [6, 6.07) is 10.3. The molecule has 0 radical (unpaired) electrons. The third-order valence-electron chi connectivity index (χ3n) is 2.05. The molecule has 0 spiro atoms. The number of benzene rings is 1. The summed E-state index contributed by atoms with van der Waals surface area (Å²) in [6.07, 6.45) is 0. The van der Waals surface area contributed by atoms with Crippen LogP contribution < -0.4 is 4.74 Å². The lowest BCUT2D eigenvalue weighted by Gasteiger charge is -2.04. The molecule has 0 atom stereocenters. The molecule has 0 aliphatic rings. The maximum absolute atomic E-state index is 5.48. The molecular weight excluding hydrogens is 272 g/mol. The molecule has 0 saturated heterocycles. The number of halogens is 1. The second-order valence-corrected chi connectivity index (χ2v) is 4.65. The highest BCUT2D eigenvalue weighted by Crippen LogP contribution is 2.24. The molecule has 1 aromatic heterocycles. The Morgan fingerprint density at radius 1 is 1.07 bits per heavy atom. The van der Waals surface area contributed by atoms with Crippen LogP contribution in [-0.2, 0) is 0 Å². The topological polar surface area (TPSA) is 9.23 Å². The van der Waals surface area contributed by atoms with E-state index in [2.05, 4.69) is 44.9 Å². The molecular formula is C12H11BrOS. The molecule has 0 bridgehead atoms. The summed E-state index contributed by atoms with van der Waals surface area (Å²) < 4.78 is 5.48. The zero-order valence-electron chi connectivity index (χ0n) is 8.15. The van der Waals surface area contributed by atoms with Gasteiger partial charge in [0.2, 0.25) is 0 Å². The van der Waals surface area contributed by atoms with E-state index in [1.807, 2.05) is 12.1 Å². The predicted molar refractivity (Wildman–Crippen MR) is 69.0 cm³/mol. The van der Waals surface area contributed by atoms with Crippen LogP contribution in [0.2, 0.25) is 0 Å². The Labute approximate surface area is 102 Å². The first-order valence-electron chi connectivity index (χ1n) is 4.71. The Kier molecular flexibility index (Phi) is 3.80. The number of ether oxygens (including phenoxy) is 1. The smallest absolute Gasteiger partial charge is 0.119 e. The van der Waals surface area contributed by atoms with Crippen molar-refractivity contribution in [2.45, 2.75) is 0 Å². The van der Waals surface area contributed by atoms with E-state index in [1.165, 1.54) is 11.1 Å². The minimum Gasteiger partial charge on any atom is -0.493 e. The van der Waals surface area contributed by atoms with Crippen molar-refractivity contribution >= 4 is 27.3 Å². The molecule has 2 rings (SSSR count). The van der Waals surface area contributed by atoms with Gasteiger partial charge in [-0.25, -0.2) is 0 Å². The lowest BCUT2D eigenvalue weighted by molar-refractivity contribution is 0.345. The van der Waals surface area contributed by atoms with Crippen molar-refractivity contribution in [3.05, 3.63) is 41.1 Å². The molecule has 1 heterocycles. The van der Waals surface area contributed by atoms with Crippen LogP contribution in [0, 0.1) is 0 Å².